The molecule has 0 aliphatic heterocycles. The minimum absolute atomic E-state index is 0.342. The quantitative estimate of drug-likeness (QED) is 0.608. The summed E-state index contributed by atoms with van der Waals surface area (Å²) in [7, 11) is 3.96. The van der Waals surface area contributed by atoms with Crippen molar-refractivity contribution in [3.63, 3.8) is 0 Å². The molecular weight excluding hydrogens is 343 g/mol. The molecule has 128 valence electrons. The standard InChI is InChI=1S/C17H16ClFN6/c1-24(2)5-6-25-14-8-10(18)7-11(19)15(14)16(23-25)13-9-21-17-12(22-13)3-4-20-17/h3-4,7-9H,5-6H2,1-2H3,(H,20,21). The minimum Gasteiger partial charge on any atom is -0.345 e. The third-order valence-corrected chi connectivity index (χ3v) is 4.25. The number of aromatic nitrogens is 5. The van der Waals surface area contributed by atoms with Crippen LogP contribution in [0.25, 0.3) is 33.5 Å². The van der Waals surface area contributed by atoms with E-state index in [-0.39, 0.29) is 0 Å². The summed E-state index contributed by atoms with van der Waals surface area (Å²) >= 11 is 6.05. The lowest BCUT2D eigenvalue weighted by molar-refractivity contribution is 0.377. The summed E-state index contributed by atoms with van der Waals surface area (Å²) in [5.74, 6) is -0.412. The summed E-state index contributed by atoms with van der Waals surface area (Å²) in [6.45, 7) is 1.38. The van der Waals surface area contributed by atoms with Gasteiger partial charge in [-0.2, -0.15) is 5.10 Å². The second-order valence-electron chi connectivity index (χ2n) is 6.12. The average Bonchev–Trinajstić information content (AvgIpc) is 3.16. The molecule has 0 unspecified atom stereocenters. The van der Waals surface area contributed by atoms with Gasteiger partial charge in [0.1, 0.15) is 22.7 Å². The fraction of sp³-hybridized carbons (Fsp3) is 0.235. The number of aromatic amines is 1. The average molecular weight is 359 g/mol. The van der Waals surface area contributed by atoms with Crippen LogP contribution in [0.15, 0.2) is 30.6 Å². The van der Waals surface area contributed by atoms with Gasteiger partial charge in [-0.25, -0.2) is 14.4 Å². The van der Waals surface area contributed by atoms with Gasteiger partial charge in [0, 0.05) is 17.8 Å². The largest absolute Gasteiger partial charge is 0.345 e. The van der Waals surface area contributed by atoms with E-state index >= 15 is 0 Å². The zero-order valence-electron chi connectivity index (χ0n) is 13.8. The van der Waals surface area contributed by atoms with Gasteiger partial charge in [0.2, 0.25) is 0 Å². The van der Waals surface area contributed by atoms with Gasteiger partial charge in [-0.1, -0.05) is 11.6 Å². The number of benzene rings is 1. The molecule has 6 nitrogen and oxygen atoms in total. The lowest BCUT2D eigenvalue weighted by Gasteiger charge is -2.10. The van der Waals surface area contributed by atoms with Crippen LogP contribution in [0.5, 0.6) is 0 Å². The Bertz CT molecular complexity index is 1070. The number of likely N-dealkylation sites (N-methyl/N-ethyl adjacent to an activating group) is 1. The zero-order chi connectivity index (χ0) is 17.6. The maximum atomic E-state index is 14.7. The zero-order valence-corrected chi connectivity index (χ0v) is 14.5. The van der Waals surface area contributed by atoms with E-state index in [2.05, 4.69) is 20.1 Å². The molecule has 0 saturated heterocycles. The van der Waals surface area contributed by atoms with Crippen molar-refractivity contribution >= 4 is 33.7 Å². The number of hydrogen-bond acceptors (Lipinski definition) is 4. The van der Waals surface area contributed by atoms with Gasteiger partial charge in [-0.05, 0) is 32.3 Å². The Morgan fingerprint density at radius 1 is 1.32 bits per heavy atom. The van der Waals surface area contributed by atoms with Gasteiger partial charge >= 0.3 is 0 Å². The van der Waals surface area contributed by atoms with Crippen molar-refractivity contribution in [3.8, 4) is 11.4 Å². The lowest BCUT2D eigenvalue weighted by atomic mass is 10.1. The van der Waals surface area contributed by atoms with E-state index < -0.39 is 5.82 Å². The fourth-order valence-corrected chi connectivity index (χ4v) is 3.01. The van der Waals surface area contributed by atoms with Crippen molar-refractivity contribution in [2.75, 3.05) is 20.6 Å². The molecule has 8 heteroatoms. The van der Waals surface area contributed by atoms with Gasteiger partial charge in [-0.3, -0.25) is 4.68 Å². The van der Waals surface area contributed by atoms with Crippen LogP contribution >= 0.6 is 11.6 Å². The Morgan fingerprint density at radius 3 is 2.96 bits per heavy atom. The summed E-state index contributed by atoms with van der Waals surface area (Å²) < 4.78 is 16.4. The van der Waals surface area contributed by atoms with Crippen molar-refractivity contribution in [1.29, 1.82) is 0 Å². The number of halogens is 2. The number of fused-ring (bicyclic) bond motifs is 2. The number of H-pyrrole nitrogens is 1. The Kier molecular flexibility index (Phi) is 3.89. The minimum atomic E-state index is -0.412. The molecule has 0 radical (unpaired) electrons. The highest BCUT2D eigenvalue weighted by Crippen LogP contribution is 2.31. The van der Waals surface area contributed by atoms with Gasteiger partial charge in [0.05, 0.1) is 23.6 Å². The van der Waals surface area contributed by atoms with Crippen LogP contribution < -0.4 is 0 Å². The van der Waals surface area contributed by atoms with Crippen LogP contribution in [0, 0.1) is 5.82 Å². The first kappa shape index (κ1) is 16.0. The van der Waals surface area contributed by atoms with E-state index in [9.17, 15) is 4.39 Å². The molecule has 0 spiro atoms. The number of rotatable bonds is 4. The van der Waals surface area contributed by atoms with Crippen molar-refractivity contribution in [1.82, 2.24) is 29.6 Å². The van der Waals surface area contributed by atoms with E-state index in [4.69, 9.17) is 11.6 Å². The number of nitrogens with one attached hydrogen (secondary N) is 1. The van der Waals surface area contributed by atoms with Gasteiger partial charge < -0.3 is 9.88 Å². The van der Waals surface area contributed by atoms with Crippen LogP contribution in [0.3, 0.4) is 0 Å². The second-order valence-corrected chi connectivity index (χ2v) is 6.56. The molecule has 4 rings (SSSR count). The maximum absolute atomic E-state index is 14.7. The molecule has 0 aliphatic carbocycles. The number of hydrogen-bond donors (Lipinski definition) is 1. The topological polar surface area (TPSA) is 62.6 Å². The SMILES string of the molecule is CN(C)CCn1nc(-c2cnc3[nH]ccc3n2)c2c(F)cc(Cl)cc21. The van der Waals surface area contributed by atoms with Gasteiger partial charge in [0.15, 0.2) is 5.65 Å². The van der Waals surface area contributed by atoms with Crippen LogP contribution in [-0.2, 0) is 6.54 Å². The molecule has 0 fully saturated rings. The van der Waals surface area contributed by atoms with E-state index in [1.807, 2.05) is 25.1 Å². The summed E-state index contributed by atoms with van der Waals surface area (Å²) in [5.41, 5.74) is 3.05. The fourth-order valence-electron chi connectivity index (χ4n) is 2.81. The predicted molar refractivity (Wildman–Crippen MR) is 96.1 cm³/mol. The van der Waals surface area contributed by atoms with E-state index in [1.165, 1.54) is 6.07 Å². The molecule has 25 heavy (non-hydrogen) atoms. The number of nitrogens with zero attached hydrogens (tertiary/aromatic N) is 5. The van der Waals surface area contributed by atoms with Crippen LogP contribution in [0.4, 0.5) is 4.39 Å². The van der Waals surface area contributed by atoms with Crippen molar-refractivity contribution in [2.24, 2.45) is 0 Å². The molecule has 1 aromatic carbocycles. The first-order chi connectivity index (χ1) is 12.0. The first-order valence-electron chi connectivity index (χ1n) is 7.84. The van der Waals surface area contributed by atoms with E-state index in [0.29, 0.717) is 45.0 Å². The van der Waals surface area contributed by atoms with E-state index in [0.717, 1.165) is 6.54 Å². The third-order valence-electron chi connectivity index (χ3n) is 4.03. The normalized spacial score (nSPS) is 11.9. The molecule has 0 aliphatic rings. The molecule has 0 saturated carbocycles. The van der Waals surface area contributed by atoms with Crippen LogP contribution in [0.1, 0.15) is 0 Å². The van der Waals surface area contributed by atoms with Gasteiger partial charge in [0.25, 0.3) is 0 Å². The summed E-state index contributed by atoms with van der Waals surface area (Å²) in [6, 6.07) is 4.85. The predicted octanol–water partition coefficient (Wildman–Crippen LogP) is 3.33. The Balaban J connectivity index is 1.93. The Hall–Kier alpha value is -2.51. The third kappa shape index (κ3) is 2.85. The van der Waals surface area contributed by atoms with Crippen molar-refractivity contribution < 1.29 is 4.39 Å². The summed E-state index contributed by atoms with van der Waals surface area (Å²) in [5, 5.41) is 5.36. The molecule has 1 N–H and O–H groups in total. The smallest absolute Gasteiger partial charge is 0.156 e. The maximum Gasteiger partial charge on any atom is 0.156 e. The highest BCUT2D eigenvalue weighted by atomic mass is 35.5. The first-order valence-corrected chi connectivity index (χ1v) is 8.21. The Labute approximate surface area is 148 Å². The molecule has 0 bridgehead atoms. The van der Waals surface area contributed by atoms with Crippen LogP contribution in [-0.4, -0.2) is 50.3 Å². The molecule has 3 heterocycles. The highest BCUT2D eigenvalue weighted by Gasteiger charge is 2.19. The Morgan fingerprint density at radius 2 is 2.16 bits per heavy atom. The lowest BCUT2D eigenvalue weighted by Crippen LogP contribution is -2.19. The molecule has 0 amide bonds. The van der Waals surface area contributed by atoms with Crippen molar-refractivity contribution in [3.05, 3.63) is 41.4 Å². The molecular formula is C17H16ClFN6. The molecule has 3 aromatic heterocycles. The molecule has 4 aromatic rings. The van der Waals surface area contributed by atoms with Crippen molar-refractivity contribution in [2.45, 2.75) is 6.54 Å². The summed E-state index contributed by atoms with van der Waals surface area (Å²) in [4.78, 5) is 13.9. The monoisotopic (exact) mass is 358 g/mol. The summed E-state index contributed by atoms with van der Waals surface area (Å²) in [6.07, 6.45) is 3.37. The second kappa shape index (κ2) is 6.09. The van der Waals surface area contributed by atoms with Crippen LogP contribution in [0.2, 0.25) is 5.02 Å². The highest BCUT2D eigenvalue weighted by molar-refractivity contribution is 6.31. The van der Waals surface area contributed by atoms with E-state index in [1.54, 1.807) is 23.1 Å². The van der Waals surface area contributed by atoms with Gasteiger partial charge in [-0.15, -0.1) is 0 Å². The molecule has 0 atom stereocenters.